The summed E-state index contributed by atoms with van der Waals surface area (Å²) in [6.45, 7) is 0.414. The summed E-state index contributed by atoms with van der Waals surface area (Å²) in [6.07, 6.45) is 7.18. The summed E-state index contributed by atoms with van der Waals surface area (Å²) in [5.41, 5.74) is 1.61. The predicted octanol–water partition coefficient (Wildman–Crippen LogP) is 3.93. The summed E-state index contributed by atoms with van der Waals surface area (Å²) in [4.78, 5) is 21.4. The maximum atomic E-state index is 14.1. The monoisotopic (exact) mass is 383 g/mol. The van der Waals surface area contributed by atoms with Crippen LogP contribution >= 0.6 is 11.3 Å². The SMILES string of the molecule is O=C(NC1CC1)c1ccc(F)c(NCc2cnc(Nc3cccnc3)s2)c1. The van der Waals surface area contributed by atoms with E-state index < -0.39 is 5.82 Å². The van der Waals surface area contributed by atoms with Crippen LogP contribution in [-0.2, 0) is 6.54 Å². The predicted molar refractivity (Wildman–Crippen MR) is 104 cm³/mol. The van der Waals surface area contributed by atoms with Crippen molar-refractivity contribution in [1.82, 2.24) is 15.3 Å². The molecule has 138 valence electrons. The standard InChI is InChI=1S/C19H18FN5OS/c20-16-6-3-12(18(26)24-13-4-5-13)8-17(16)22-10-15-11-23-19(27-15)25-14-2-1-7-21-9-14/h1-3,6-9,11,13,22H,4-5,10H2,(H,23,25)(H,24,26). The maximum Gasteiger partial charge on any atom is 0.251 e. The lowest BCUT2D eigenvalue weighted by atomic mass is 10.1. The molecule has 0 atom stereocenters. The van der Waals surface area contributed by atoms with Crippen LogP contribution in [0.2, 0.25) is 0 Å². The van der Waals surface area contributed by atoms with Gasteiger partial charge in [0.25, 0.3) is 5.91 Å². The Morgan fingerprint density at radius 1 is 1.26 bits per heavy atom. The minimum atomic E-state index is -0.392. The summed E-state index contributed by atoms with van der Waals surface area (Å²) in [6, 6.07) is 8.37. The molecule has 1 saturated carbocycles. The molecule has 8 heteroatoms. The van der Waals surface area contributed by atoms with Crippen molar-refractivity contribution in [2.24, 2.45) is 0 Å². The molecule has 3 aromatic rings. The number of anilines is 3. The number of benzene rings is 1. The van der Waals surface area contributed by atoms with Gasteiger partial charge in [0, 0.05) is 28.9 Å². The number of carbonyl (C=O) groups is 1. The third-order valence-corrected chi connectivity index (χ3v) is 4.97. The van der Waals surface area contributed by atoms with Gasteiger partial charge >= 0.3 is 0 Å². The van der Waals surface area contributed by atoms with Gasteiger partial charge in [-0.3, -0.25) is 9.78 Å². The number of pyridine rings is 1. The smallest absolute Gasteiger partial charge is 0.251 e. The zero-order valence-electron chi connectivity index (χ0n) is 14.4. The van der Waals surface area contributed by atoms with Crippen molar-refractivity contribution < 1.29 is 9.18 Å². The van der Waals surface area contributed by atoms with Crippen molar-refractivity contribution in [2.45, 2.75) is 25.4 Å². The minimum absolute atomic E-state index is 0.165. The van der Waals surface area contributed by atoms with Crippen molar-refractivity contribution in [3.05, 3.63) is 65.2 Å². The first-order valence-corrected chi connectivity index (χ1v) is 9.45. The van der Waals surface area contributed by atoms with E-state index in [1.165, 1.54) is 23.5 Å². The van der Waals surface area contributed by atoms with E-state index >= 15 is 0 Å². The zero-order valence-corrected chi connectivity index (χ0v) is 15.2. The van der Waals surface area contributed by atoms with E-state index in [9.17, 15) is 9.18 Å². The highest BCUT2D eigenvalue weighted by molar-refractivity contribution is 7.15. The topological polar surface area (TPSA) is 78.9 Å². The lowest BCUT2D eigenvalue weighted by molar-refractivity contribution is 0.0951. The molecule has 1 aliphatic rings. The van der Waals surface area contributed by atoms with Gasteiger partial charge in [-0.2, -0.15) is 0 Å². The number of hydrogen-bond donors (Lipinski definition) is 3. The third kappa shape index (κ3) is 4.59. The highest BCUT2D eigenvalue weighted by atomic mass is 32.1. The summed E-state index contributed by atoms with van der Waals surface area (Å²) < 4.78 is 14.1. The lowest BCUT2D eigenvalue weighted by Gasteiger charge is -2.09. The molecule has 0 radical (unpaired) electrons. The van der Waals surface area contributed by atoms with Crippen LogP contribution in [0.15, 0.2) is 48.9 Å². The van der Waals surface area contributed by atoms with Crippen molar-refractivity contribution in [1.29, 1.82) is 0 Å². The fourth-order valence-electron chi connectivity index (χ4n) is 2.49. The van der Waals surface area contributed by atoms with Crippen molar-refractivity contribution in [3.8, 4) is 0 Å². The van der Waals surface area contributed by atoms with Crippen LogP contribution in [0, 0.1) is 5.82 Å². The lowest BCUT2D eigenvalue weighted by Crippen LogP contribution is -2.25. The fourth-order valence-corrected chi connectivity index (χ4v) is 3.26. The molecule has 4 rings (SSSR count). The first-order chi connectivity index (χ1) is 13.2. The molecule has 0 saturated heterocycles. The second kappa shape index (κ2) is 7.71. The molecule has 1 aliphatic carbocycles. The summed E-state index contributed by atoms with van der Waals surface area (Å²) >= 11 is 1.47. The molecule has 0 unspecified atom stereocenters. The number of thiazole rings is 1. The Balaban J connectivity index is 1.39. The summed E-state index contributed by atoms with van der Waals surface area (Å²) in [5, 5.41) is 9.86. The molecular formula is C19H18FN5OS. The van der Waals surface area contributed by atoms with Gasteiger partial charge < -0.3 is 16.0 Å². The normalized spacial score (nSPS) is 13.2. The average molecular weight is 383 g/mol. The molecule has 0 spiro atoms. The summed E-state index contributed by atoms with van der Waals surface area (Å²) in [7, 11) is 0. The number of hydrogen-bond acceptors (Lipinski definition) is 6. The third-order valence-electron chi connectivity index (χ3n) is 4.06. The van der Waals surface area contributed by atoms with Crippen molar-refractivity contribution >= 4 is 33.8 Å². The largest absolute Gasteiger partial charge is 0.378 e. The van der Waals surface area contributed by atoms with E-state index in [0.717, 1.165) is 28.5 Å². The van der Waals surface area contributed by atoms with Crippen molar-refractivity contribution in [3.63, 3.8) is 0 Å². The quantitative estimate of drug-likeness (QED) is 0.576. The van der Waals surface area contributed by atoms with Crippen LogP contribution in [0.5, 0.6) is 0 Å². The van der Waals surface area contributed by atoms with Crippen LogP contribution in [0.25, 0.3) is 0 Å². The fraction of sp³-hybridized carbons (Fsp3) is 0.211. The second-order valence-corrected chi connectivity index (χ2v) is 7.41. The Morgan fingerprint density at radius 2 is 2.15 bits per heavy atom. The van der Waals surface area contributed by atoms with Crippen LogP contribution in [-0.4, -0.2) is 21.9 Å². The van der Waals surface area contributed by atoms with E-state index in [1.807, 2.05) is 12.1 Å². The first kappa shape index (κ1) is 17.4. The van der Waals surface area contributed by atoms with E-state index in [4.69, 9.17) is 0 Å². The van der Waals surface area contributed by atoms with Gasteiger partial charge in [-0.25, -0.2) is 9.37 Å². The van der Waals surface area contributed by atoms with Gasteiger partial charge in [-0.1, -0.05) is 11.3 Å². The highest BCUT2D eigenvalue weighted by Crippen LogP contribution is 2.24. The van der Waals surface area contributed by atoms with Gasteiger partial charge in [-0.15, -0.1) is 0 Å². The Kier molecular flexibility index (Phi) is 4.97. The second-order valence-electron chi connectivity index (χ2n) is 6.29. The van der Waals surface area contributed by atoms with Gasteiger partial charge in [0.2, 0.25) is 0 Å². The van der Waals surface area contributed by atoms with Crippen LogP contribution in [0.3, 0.4) is 0 Å². The molecule has 0 aliphatic heterocycles. The van der Waals surface area contributed by atoms with Gasteiger partial charge in [0.15, 0.2) is 5.13 Å². The molecule has 1 fully saturated rings. The highest BCUT2D eigenvalue weighted by Gasteiger charge is 2.24. The van der Waals surface area contributed by atoms with Crippen LogP contribution in [0.1, 0.15) is 28.1 Å². The van der Waals surface area contributed by atoms with Gasteiger partial charge in [0.05, 0.1) is 24.1 Å². The average Bonchev–Trinajstić information content (AvgIpc) is 3.38. The Morgan fingerprint density at radius 3 is 2.93 bits per heavy atom. The van der Waals surface area contributed by atoms with Crippen LogP contribution < -0.4 is 16.0 Å². The number of aromatic nitrogens is 2. The van der Waals surface area contributed by atoms with Gasteiger partial charge in [0.1, 0.15) is 5.82 Å². The molecular weight excluding hydrogens is 365 g/mol. The molecule has 6 nitrogen and oxygen atoms in total. The molecule has 27 heavy (non-hydrogen) atoms. The number of carbonyl (C=O) groups excluding carboxylic acids is 1. The maximum absolute atomic E-state index is 14.1. The van der Waals surface area contributed by atoms with E-state index in [1.54, 1.807) is 24.7 Å². The van der Waals surface area contributed by atoms with Crippen molar-refractivity contribution in [2.75, 3.05) is 10.6 Å². The number of nitrogens with zero attached hydrogens (tertiary/aromatic N) is 2. The molecule has 2 aromatic heterocycles. The van der Waals surface area contributed by atoms with Crippen LogP contribution in [0.4, 0.5) is 20.9 Å². The molecule has 1 aromatic carbocycles. The van der Waals surface area contributed by atoms with E-state index in [0.29, 0.717) is 17.8 Å². The minimum Gasteiger partial charge on any atom is -0.378 e. The number of amides is 1. The molecule has 0 bridgehead atoms. The molecule has 2 heterocycles. The number of rotatable bonds is 7. The summed E-state index contributed by atoms with van der Waals surface area (Å²) in [5.74, 6) is -0.558. The molecule has 1 amide bonds. The number of nitrogens with one attached hydrogen (secondary N) is 3. The Labute approximate surface area is 159 Å². The first-order valence-electron chi connectivity index (χ1n) is 8.63. The van der Waals surface area contributed by atoms with E-state index in [-0.39, 0.29) is 11.9 Å². The van der Waals surface area contributed by atoms with Gasteiger partial charge in [-0.05, 0) is 43.2 Å². The molecule has 3 N–H and O–H groups in total. The Bertz CT molecular complexity index is 942. The Hall–Kier alpha value is -3.00. The number of halogens is 1. The van der Waals surface area contributed by atoms with E-state index in [2.05, 4.69) is 25.9 Å². The zero-order chi connectivity index (χ0) is 18.6.